The van der Waals surface area contributed by atoms with E-state index in [-0.39, 0.29) is 0 Å². The summed E-state index contributed by atoms with van der Waals surface area (Å²) in [7, 11) is 2.05. The molecule has 0 bridgehead atoms. The van der Waals surface area contributed by atoms with Gasteiger partial charge in [-0.05, 0) is 59.5 Å². The van der Waals surface area contributed by atoms with Crippen LogP contribution in [0.2, 0.25) is 0 Å². The van der Waals surface area contributed by atoms with Gasteiger partial charge in [-0.15, -0.1) is 0 Å². The second kappa shape index (κ2) is 8.50. The van der Waals surface area contributed by atoms with Gasteiger partial charge in [0, 0.05) is 19.2 Å². The van der Waals surface area contributed by atoms with Crippen molar-refractivity contribution in [3.8, 4) is 22.5 Å². The Morgan fingerprint density at radius 3 is 2.42 bits per heavy atom. The van der Waals surface area contributed by atoms with Crippen molar-refractivity contribution in [2.24, 2.45) is 7.05 Å². The van der Waals surface area contributed by atoms with Crippen LogP contribution in [0.1, 0.15) is 21.5 Å². The molecule has 0 aliphatic heterocycles. The molecule has 0 radical (unpaired) electrons. The minimum atomic E-state index is -0.925. The number of para-hydroxylation sites is 2. The Bertz CT molecular complexity index is 1760. The number of imidazole rings is 2. The monoisotopic (exact) mass is 472 g/mol. The molecular formula is C30H24N4O2. The fourth-order valence-electron chi connectivity index (χ4n) is 4.90. The maximum absolute atomic E-state index is 11.6. The van der Waals surface area contributed by atoms with Crippen LogP contribution < -0.4 is 0 Å². The van der Waals surface area contributed by atoms with Crippen molar-refractivity contribution in [2.45, 2.75) is 13.5 Å². The molecule has 0 amide bonds. The molecule has 2 heterocycles. The van der Waals surface area contributed by atoms with Crippen molar-refractivity contribution in [2.75, 3.05) is 0 Å². The number of aromatic nitrogens is 4. The smallest absolute Gasteiger partial charge is 0.336 e. The van der Waals surface area contributed by atoms with Crippen LogP contribution in [0.15, 0.2) is 91.3 Å². The molecule has 6 heteroatoms. The average molecular weight is 473 g/mol. The third kappa shape index (κ3) is 3.64. The van der Waals surface area contributed by atoms with Crippen LogP contribution in [0.3, 0.4) is 0 Å². The summed E-state index contributed by atoms with van der Waals surface area (Å²) in [6.45, 7) is 2.74. The Balaban J connectivity index is 1.36. The lowest BCUT2D eigenvalue weighted by Gasteiger charge is -2.10. The molecular weight excluding hydrogens is 448 g/mol. The molecule has 0 saturated carbocycles. The van der Waals surface area contributed by atoms with Gasteiger partial charge in [-0.2, -0.15) is 0 Å². The summed E-state index contributed by atoms with van der Waals surface area (Å²) >= 11 is 0. The molecule has 0 unspecified atom stereocenters. The second-order valence-electron chi connectivity index (χ2n) is 9.06. The van der Waals surface area contributed by atoms with Crippen LogP contribution >= 0.6 is 0 Å². The molecule has 0 spiro atoms. The molecule has 6 rings (SSSR count). The third-order valence-electron chi connectivity index (χ3n) is 6.74. The summed E-state index contributed by atoms with van der Waals surface area (Å²) in [5, 5.41) is 9.52. The molecule has 176 valence electrons. The lowest BCUT2D eigenvalue weighted by molar-refractivity contribution is 0.0697. The highest BCUT2D eigenvalue weighted by atomic mass is 16.4. The van der Waals surface area contributed by atoms with Gasteiger partial charge in [-0.3, -0.25) is 0 Å². The van der Waals surface area contributed by atoms with Crippen LogP contribution in [-0.2, 0) is 13.6 Å². The van der Waals surface area contributed by atoms with E-state index < -0.39 is 5.97 Å². The van der Waals surface area contributed by atoms with Crippen LogP contribution in [0.25, 0.3) is 44.6 Å². The van der Waals surface area contributed by atoms with Crippen molar-refractivity contribution in [3.05, 3.63) is 108 Å². The topological polar surface area (TPSA) is 72.9 Å². The number of rotatable bonds is 5. The Kier molecular flexibility index (Phi) is 5.15. The highest BCUT2D eigenvalue weighted by Crippen LogP contribution is 2.30. The Morgan fingerprint density at radius 1 is 0.889 bits per heavy atom. The number of aromatic carboxylic acids is 1. The number of carbonyl (C=O) groups is 1. The first-order chi connectivity index (χ1) is 17.5. The lowest BCUT2D eigenvalue weighted by Crippen LogP contribution is -2.00. The van der Waals surface area contributed by atoms with Crippen molar-refractivity contribution in [3.63, 3.8) is 0 Å². The third-order valence-corrected chi connectivity index (χ3v) is 6.74. The molecule has 2 aromatic heterocycles. The minimum absolute atomic E-state index is 0.302. The number of hydrogen-bond acceptors (Lipinski definition) is 3. The molecule has 36 heavy (non-hydrogen) atoms. The van der Waals surface area contributed by atoms with E-state index in [9.17, 15) is 9.90 Å². The number of aryl methyl sites for hydroxylation is 2. The van der Waals surface area contributed by atoms with Gasteiger partial charge >= 0.3 is 5.97 Å². The summed E-state index contributed by atoms with van der Waals surface area (Å²) in [5.41, 5.74) is 9.28. The van der Waals surface area contributed by atoms with Gasteiger partial charge < -0.3 is 14.2 Å². The zero-order chi connectivity index (χ0) is 24.8. The van der Waals surface area contributed by atoms with Crippen molar-refractivity contribution < 1.29 is 9.90 Å². The highest BCUT2D eigenvalue weighted by molar-refractivity contribution is 5.96. The normalized spacial score (nSPS) is 11.4. The fraction of sp³-hybridized carbons (Fsp3) is 0.100. The molecule has 1 N–H and O–H groups in total. The molecule has 0 aliphatic rings. The van der Waals surface area contributed by atoms with Crippen molar-refractivity contribution in [1.29, 1.82) is 0 Å². The average Bonchev–Trinajstić information content (AvgIpc) is 3.46. The fourth-order valence-corrected chi connectivity index (χ4v) is 4.90. The van der Waals surface area contributed by atoms with Gasteiger partial charge in [0.25, 0.3) is 0 Å². The number of hydrogen-bond donors (Lipinski definition) is 1. The highest BCUT2D eigenvalue weighted by Gasteiger charge is 2.15. The van der Waals surface area contributed by atoms with Gasteiger partial charge in [0.1, 0.15) is 5.82 Å². The standard InChI is InChI=1S/C30H24N4O2/c1-19-15-22(29-32-25-9-5-6-10-26(25)33(29)2)16-27-28(19)31-18-34(27)17-20-11-13-21(14-12-20)23-7-3-4-8-24(23)30(35)36/h3-16,18H,17H2,1-2H3,(H,35,36). The van der Waals surface area contributed by atoms with Gasteiger partial charge in [-0.25, -0.2) is 14.8 Å². The molecule has 0 saturated heterocycles. The van der Waals surface area contributed by atoms with Crippen LogP contribution in [0.4, 0.5) is 0 Å². The number of carboxylic acids is 1. The van der Waals surface area contributed by atoms with E-state index in [1.807, 2.05) is 68.0 Å². The minimum Gasteiger partial charge on any atom is -0.478 e. The maximum Gasteiger partial charge on any atom is 0.336 e. The first-order valence-corrected chi connectivity index (χ1v) is 11.8. The van der Waals surface area contributed by atoms with Gasteiger partial charge in [0.2, 0.25) is 0 Å². The van der Waals surface area contributed by atoms with E-state index in [1.165, 1.54) is 0 Å². The van der Waals surface area contributed by atoms with E-state index in [4.69, 9.17) is 4.98 Å². The summed E-state index contributed by atoms with van der Waals surface area (Å²) in [6, 6.07) is 27.6. The van der Waals surface area contributed by atoms with Gasteiger partial charge in [-0.1, -0.05) is 54.6 Å². The van der Waals surface area contributed by atoms with Crippen LogP contribution in [0, 0.1) is 6.92 Å². The van der Waals surface area contributed by atoms with E-state index in [2.05, 4.69) is 39.2 Å². The molecule has 4 aromatic carbocycles. The van der Waals surface area contributed by atoms with E-state index in [1.54, 1.807) is 12.1 Å². The number of fused-ring (bicyclic) bond motifs is 2. The Morgan fingerprint density at radius 2 is 1.64 bits per heavy atom. The second-order valence-corrected chi connectivity index (χ2v) is 9.06. The quantitative estimate of drug-likeness (QED) is 0.319. The lowest BCUT2D eigenvalue weighted by atomic mass is 9.99. The molecule has 6 nitrogen and oxygen atoms in total. The summed E-state index contributed by atoms with van der Waals surface area (Å²) in [4.78, 5) is 21.2. The molecule has 0 atom stereocenters. The predicted octanol–water partition coefficient (Wildman–Crippen LogP) is 6.31. The van der Waals surface area contributed by atoms with Gasteiger partial charge in [0.05, 0.1) is 34.0 Å². The van der Waals surface area contributed by atoms with Gasteiger partial charge in [0.15, 0.2) is 0 Å². The summed E-state index contributed by atoms with van der Waals surface area (Å²) in [6.07, 6.45) is 1.88. The first kappa shape index (κ1) is 21.8. The Hall–Kier alpha value is -4.71. The van der Waals surface area contributed by atoms with E-state index >= 15 is 0 Å². The Labute approximate surface area is 208 Å². The molecule has 0 fully saturated rings. The largest absolute Gasteiger partial charge is 0.478 e. The summed E-state index contributed by atoms with van der Waals surface area (Å²) in [5.74, 6) is 0.00161. The zero-order valence-electron chi connectivity index (χ0n) is 20.0. The first-order valence-electron chi connectivity index (χ1n) is 11.8. The number of nitrogens with zero attached hydrogens (tertiary/aromatic N) is 4. The maximum atomic E-state index is 11.6. The van der Waals surface area contributed by atoms with Crippen molar-refractivity contribution in [1.82, 2.24) is 19.1 Å². The summed E-state index contributed by atoms with van der Waals surface area (Å²) < 4.78 is 4.28. The van der Waals surface area contributed by atoms with Crippen LogP contribution in [0.5, 0.6) is 0 Å². The van der Waals surface area contributed by atoms with E-state index in [0.717, 1.165) is 50.1 Å². The molecule has 6 aromatic rings. The number of carboxylic acid groups (broad SMARTS) is 1. The molecule has 0 aliphatic carbocycles. The zero-order valence-corrected chi connectivity index (χ0v) is 20.0. The van der Waals surface area contributed by atoms with Crippen molar-refractivity contribution >= 4 is 28.0 Å². The number of benzene rings is 4. The SMILES string of the molecule is Cc1cc(-c2nc3ccccc3n2C)cc2c1ncn2Cc1ccc(-c2ccccc2C(=O)O)cc1. The van der Waals surface area contributed by atoms with E-state index in [0.29, 0.717) is 17.7 Å². The predicted molar refractivity (Wildman–Crippen MR) is 142 cm³/mol. The van der Waals surface area contributed by atoms with Crippen LogP contribution in [-0.4, -0.2) is 30.2 Å².